The lowest BCUT2D eigenvalue weighted by molar-refractivity contribution is 0.304. The smallest absolute Gasteiger partial charge is 0.0798 e. The van der Waals surface area contributed by atoms with Crippen molar-refractivity contribution in [3.8, 4) is 0 Å². The molecule has 0 aliphatic rings. The van der Waals surface area contributed by atoms with E-state index >= 15 is 0 Å². The molecule has 1 heterocycles. The van der Waals surface area contributed by atoms with Crippen molar-refractivity contribution >= 4 is 22.7 Å². The Morgan fingerprint density at radius 3 is 2.63 bits per heavy atom. The molecular weight excluding hydrogens is 258 g/mol. The number of rotatable bonds is 6. The molecule has 0 radical (unpaired) electrons. The van der Waals surface area contributed by atoms with Crippen LogP contribution < -0.4 is 10.2 Å². The number of aliphatic hydroxyl groups is 1. The van der Waals surface area contributed by atoms with E-state index in [1.165, 1.54) is 4.88 Å². The van der Waals surface area contributed by atoms with Gasteiger partial charge in [-0.25, -0.2) is 4.98 Å². The van der Waals surface area contributed by atoms with E-state index in [0.29, 0.717) is 6.54 Å². The second-order valence-electron chi connectivity index (χ2n) is 4.41. The lowest BCUT2D eigenvalue weighted by Gasteiger charge is -2.18. The molecule has 4 nitrogen and oxygen atoms in total. The third kappa shape index (κ3) is 3.68. The van der Waals surface area contributed by atoms with Gasteiger partial charge in [-0.2, -0.15) is 0 Å². The number of likely N-dealkylation sites (N-methyl/N-ethyl adjacent to an activating group) is 1. The number of aliphatic hydroxyl groups excluding tert-OH is 1. The van der Waals surface area contributed by atoms with Gasteiger partial charge in [-0.1, -0.05) is 0 Å². The number of anilines is 2. The van der Waals surface area contributed by atoms with Gasteiger partial charge in [0.25, 0.3) is 0 Å². The van der Waals surface area contributed by atoms with Crippen LogP contribution >= 0.6 is 11.3 Å². The minimum Gasteiger partial charge on any atom is -0.395 e. The number of benzene rings is 1. The zero-order valence-electron chi connectivity index (χ0n) is 11.3. The molecule has 0 unspecified atom stereocenters. The standard InChI is InChI=1S/C14H19N3OS/c1-11-14(19-10-16-11)9-15-12-3-5-13(6-4-12)17(2)7-8-18/h3-6,10,15,18H,7-9H2,1-2H3. The highest BCUT2D eigenvalue weighted by molar-refractivity contribution is 7.09. The van der Waals surface area contributed by atoms with Crippen LogP contribution in [0.3, 0.4) is 0 Å². The molecule has 2 rings (SSSR count). The summed E-state index contributed by atoms with van der Waals surface area (Å²) in [5.41, 5.74) is 5.17. The van der Waals surface area contributed by atoms with Gasteiger partial charge in [0, 0.05) is 29.8 Å². The van der Waals surface area contributed by atoms with Crippen LogP contribution in [-0.2, 0) is 6.54 Å². The number of nitrogens with zero attached hydrogens (tertiary/aromatic N) is 2. The van der Waals surface area contributed by atoms with Gasteiger partial charge in [-0.3, -0.25) is 0 Å². The van der Waals surface area contributed by atoms with E-state index in [-0.39, 0.29) is 6.61 Å². The molecule has 5 heteroatoms. The molecular formula is C14H19N3OS. The molecule has 0 fully saturated rings. The summed E-state index contributed by atoms with van der Waals surface area (Å²) in [5.74, 6) is 0. The molecule has 0 saturated heterocycles. The monoisotopic (exact) mass is 277 g/mol. The summed E-state index contributed by atoms with van der Waals surface area (Å²) in [6.07, 6.45) is 0. The number of hydrogen-bond acceptors (Lipinski definition) is 5. The van der Waals surface area contributed by atoms with Crippen LogP contribution in [0.25, 0.3) is 0 Å². The van der Waals surface area contributed by atoms with E-state index < -0.39 is 0 Å². The topological polar surface area (TPSA) is 48.4 Å². The Balaban J connectivity index is 1.93. The van der Waals surface area contributed by atoms with Crippen LogP contribution in [0.1, 0.15) is 10.6 Å². The molecule has 0 bridgehead atoms. The molecule has 0 aliphatic carbocycles. The average Bonchev–Trinajstić information content (AvgIpc) is 2.83. The Morgan fingerprint density at radius 1 is 1.32 bits per heavy atom. The van der Waals surface area contributed by atoms with Crippen molar-refractivity contribution < 1.29 is 5.11 Å². The lowest BCUT2D eigenvalue weighted by atomic mass is 10.2. The highest BCUT2D eigenvalue weighted by Crippen LogP contribution is 2.19. The third-order valence-corrected chi connectivity index (χ3v) is 3.98. The predicted molar refractivity (Wildman–Crippen MR) is 81.0 cm³/mol. The minimum atomic E-state index is 0.168. The molecule has 0 saturated carbocycles. The van der Waals surface area contributed by atoms with Crippen LogP contribution in [0.2, 0.25) is 0 Å². The average molecular weight is 277 g/mol. The number of hydrogen-bond donors (Lipinski definition) is 2. The van der Waals surface area contributed by atoms with Crippen LogP contribution in [-0.4, -0.2) is 30.3 Å². The first-order valence-electron chi connectivity index (χ1n) is 6.25. The van der Waals surface area contributed by atoms with Crippen molar-refractivity contribution in [3.05, 3.63) is 40.3 Å². The van der Waals surface area contributed by atoms with E-state index in [0.717, 1.165) is 23.6 Å². The first kappa shape index (κ1) is 13.8. The maximum atomic E-state index is 8.91. The van der Waals surface area contributed by atoms with E-state index in [1.807, 2.05) is 24.4 Å². The Morgan fingerprint density at radius 2 is 2.05 bits per heavy atom. The molecule has 0 aliphatic heterocycles. The molecule has 0 amide bonds. The second-order valence-corrected chi connectivity index (χ2v) is 5.35. The quantitative estimate of drug-likeness (QED) is 0.851. The Hall–Kier alpha value is -1.59. The number of aromatic nitrogens is 1. The zero-order valence-corrected chi connectivity index (χ0v) is 12.1. The third-order valence-electron chi connectivity index (χ3n) is 3.04. The molecule has 0 atom stereocenters. The Labute approximate surface area is 117 Å². The Kier molecular flexibility index (Phi) is 4.76. The van der Waals surface area contributed by atoms with Crippen LogP contribution in [0, 0.1) is 6.92 Å². The maximum absolute atomic E-state index is 8.91. The van der Waals surface area contributed by atoms with Crippen molar-refractivity contribution in [2.75, 3.05) is 30.4 Å². The van der Waals surface area contributed by atoms with E-state index in [2.05, 4.69) is 34.6 Å². The van der Waals surface area contributed by atoms with Gasteiger partial charge in [-0.05, 0) is 31.2 Å². The summed E-state index contributed by atoms with van der Waals surface area (Å²) in [5, 5.41) is 12.3. The van der Waals surface area contributed by atoms with Gasteiger partial charge >= 0.3 is 0 Å². The summed E-state index contributed by atoms with van der Waals surface area (Å²) >= 11 is 1.67. The van der Waals surface area contributed by atoms with Gasteiger partial charge in [-0.15, -0.1) is 11.3 Å². The summed E-state index contributed by atoms with van der Waals surface area (Å²) in [4.78, 5) is 7.53. The van der Waals surface area contributed by atoms with Crippen molar-refractivity contribution in [1.29, 1.82) is 0 Å². The highest BCUT2D eigenvalue weighted by Gasteiger charge is 2.02. The van der Waals surface area contributed by atoms with Crippen LogP contribution in [0.5, 0.6) is 0 Å². The second kappa shape index (κ2) is 6.54. The molecule has 2 aromatic rings. The van der Waals surface area contributed by atoms with E-state index in [1.54, 1.807) is 11.3 Å². The maximum Gasteiger partial charge on any atom is 0.0798 e. The van der Waals surface area contributed by atoms with Crippen LogP contribution in [0.4, 0.5) is 11.4 Å². The number of nitrogens with one attached hydrogen (secondary N) is 1. The fourth-order valence-corrected chi connectivity index (χ4v) is 2.51. The molecule has 1 aromatic heterocycles. The first-order chi connectivity index (χ1) is 9.20. The van der Waals surface area contributed by atoms with Crippen molar-refractivity contribution in [2.45, 2.75) is 13.5 Å². The van der Waals surface area contributed by atoms with Crippen LogP contribution in [0.15, 0.2) is 29.8 Å². The summed E-state index contributed by atoms with van der Waals surface area (Å²) < 4.78 is 0. The zero-order chi connectivity index (χ0) is 13.7. The fraction of sp³-hybridized carbons (Fsp3) is 0.357. The van der Waals surface area contributed by atoms with E-state index in [9.17, 15) is 0 Å². The summed E-state index contributed by atoms with van der Waals surface area (Å²) in [7, 11) is 1.97. The predicted octanol–water partition coefficient (Wildman–Crippen LogP) is 2.49. The molecule has 102 valence electrons. The van der Waals surface area contributed by atoms with Gasteiger partial charge in [0.15, 0.2) is 0 Å². The van der Waals surface area contributed by atoms with Gasteiger partial charge in [0.2, 0.25) is 0 Å². The van der Waals surface area contributed by atoms with Gasteiger partial charge < -0.3 is 15.3 Å². The van der Waals surface area contributed by atoms with Gasteiger partial charge in [0.1, 0.15) is 0 Å². The minimum absolute atomic E-state index is 0.168. The largest absolute Gasteiger partial charge is 0.395 e. The summed E-state index contributed by atoms with van der Waals surface area (Å²) in [6, 6.07) is 8.22. The molecule has 0 spiro atoms. The summed E-state index contributed by atoms with van der Waals surface area (Å²) in [6.45, 7) is 3.65. The van der Waals surface area contributed by atoms with E-state index in [4.69, 9.17) is 5.11 Å². The molecule has 1 aromatic carbocycles. The first-order valence-corrected chi connectivity index (χ1v) is 7.13. The number of thiazole rings is 1. The number of aryl methyl sites for hydroxylation is 1. The van der Waals surface area contributed by atoms with Crippen molar-refractivity contribution in [3.63, 3.8) is 0 Å². The van der Waals surface area contributed by atoms with Crippen molar-refractivity contribution in [2.24, 2.45) is 0 Å². The SMILES string of the molecule is Cc1ncsc1CNc1ccc(N(C)CCO)cc1. The highest BCUT2D eigenvalue weighted by atomic mass is 32.1. The fourth-order valence-electron chi connectivity index (χ4n) is 1.79. The molecule has 2 N–H and O–H groups in total. The molecule has 19 heavy (non-hydrogen) atoms. The normalized spacial score (nSPS) is 10.5. The lowest BCUT2D eigenvalue weighted by Crippen LogP contribution is -2.20. The van der Waals surface area contributed by atoms with Gasteiger partial charge in [0.05, 0.1) is 24.4 Å². The Bertz CT molecular complexity index is 510. The van der Waals surface area contributed by atoms with Crippen molar-refractivity contribution in [1.82, 2.24) is 4.98 Å².